The molecule has 28 heavy (non-hydrogen) atoms. The number of carbonyl (C=O) groups excluding carboxylic acids is 1. The van der Waals surface area contributed by atoms with Crippen LogP contribution < -0.4 is 14.8 Å². The minimum Gasteiger partial charge on any atom is -0.497 e. The van der Waals surface area contributed by atoms with Crippen molar-refractivity contribution in [3.8, 4) is 22.1 Å². The molecule has 0 radical (unpaired) electrons. The SMILES string of the molecule is COc1ccc(NC(=O)C(C)SCc2csc(-c3ccc(OC)cc3)n2)cc1. The molecule has 0 saturated heterocycles. The average molecular weight is 415 g/mol. The van der Waals surface area contributed by atoms with E-state index in [0.29, 0.717) is 5.75 Å². The average Bonchev–Trinajstić information content (AvgIpc) is 3.21. The number of amides is 1. The van der Waals surface area contributed by atoms with Crippen LogP contribution in [-0.2, 0) is 10.5 Å². The molecule has 2 aromatic carbocycles. The third-order valence-electron chi connectivity index (χ3n) is 4.10. The number of ether oxygens (including phenoxy) is 2. The Labute approximate surface area is 173 Å². The number of methoxy groups -OCH3 is 2. The van der Waals surface area contributed by atoms with E-state index in [2.05, 4.69) is 10.3 Å². The molecule has 1 aromatic heterocycles. The highest BCUT2D eigenvalue weighted by molar-refractivity contribution is 7.99. The molecule has 0 fully saturated rings. The second kappa shape index (κ2) is 9.61. The van der Waals surface area contributed by atoms with Crippen molar-refractivity contribution in [3.05, 3.63) is 59.6 Å². The number of anilines is 1. The van der Waals surface area contributed by atoms with Crippen molar-refractivity contribution in [3.63, 3.8) is 0 Å². The summed E-state index contributed by atoms with van der Waals surface area (Å²) in [6.45, 7) is 1.90. The fraction of sp³-hybridized carbons (Fsp3) is 0.238. The molecule has 0 bridgehead atoms. The van der Waals surface area contributed by atoms with Crippen LogP contribution in [-0.4, -0.2) is 30.4 Å². The number of aromatic nitrogens is 1. The maximum Gasteiger partial charge on any atom is 0.237 e. The standard InChI is InChI=1S/C21H22N2O3S2/c1-14(20(24)22-16-6-10-19(26-3)11-7-16)27-12-17-13-28-21(23-17)15-4-8-18(25-2)9-5-15/h4-11,13-14H,12H2,1-3H3,(H,22,24). The molecule has 1 heterocycles. The molecule has 1 amide bonds. The van der Waals surface area contributed by atoms with Crippen LogP contribution in [0.15, 0.2) is 53.9 Å². The zero-order chi connectivity index (χ0) is 19.9. The number of rotatable bonds is 8. The van der Waals surface area contributed by atoms with Crippen LogP contribution in [0.25, 0.3) is 10.6 Å². The maximum atomic E-state index is 12.4. The second-order valence-electron chi connectivity index (χ2n) is 6.04. The topological polar surface area (TPSA) is 60.5 Å². The molecular formula is C21H22N2O3S2. The number of nitrogens with zero attached hydrogens (tertiary/aromatic N) is 1. The lowest BCUT2D eigenvalue weighted by Crippen LogP contribution is -2.22. The highest BCUT2D eigenvalue weighted by atomic mass is 32.2. The first-order valence-electron chi connectivity index (χ1n) is 8.74. The molecule has 146 valence electrons. The van der Waals surface area contributed by atoms with E-state index >= 15 is 0 Å². The number of hydrogen-bond donors (Lipinski definition) is 1. The van der Waals surface area contributed by atoms with Crippen LogP contribution in [0.4, 0.5) is 5.69 Å². The highest BCUT2D eigenvalue weighted by Gasteiger charge is 2.15. The molecule has 0 aliphatic carbocycles. The second-order valence-corrected chi connectivity index (χ2v) is 8.23. The fourth-order valence-electron chi connectivity index (χ4n) is 2.44. The molecular weight excluding hydrogens is 392 g/mol. The van der Waals surface area contributed by atoms with E-state index in [0.717, 1.165) is 33.5 Å². The van der Waals surface area contributed by atoms with Crippen LogP contribution in [0.2, 0.25) is 0 Å². The summed E-state index contributed by atoms with van der Waals surface area (Å²) in [5.74, 6) is 2.24. The number of hydrogen-bond acceptors (Lipinski definition) is 6. The van der Waals surface area contributed by atoms with Gasteiger partial charge >= 0.3 is 0 Å². The Bertz CT molecular complexity index is 908. The first-order chi connectivity index (χ1) is 13.6. The van der Waals surface area contributed by atoms with Gasteiger partial charge in [0.05, 0.1) is 25.2 Å². The Balaban J connectivity index is 1.52. The molecule has 3 aromatic rings. The number of benzene rings is 2. The van der Waals surface area contributed by atoms with Crippen molar-refractivity contribution in [2.45, 2.75) is 17.9 Å². The Hall–Kier alpha value is -2.51. The summed E-state index contributed by atoms with van der Waals surface area (Å²) < 4.78 is 10.3. The first kappa shape index (κ1) is 20.2. The third-order valence-corrected chi connectivity index (χ3v) is 6.21. The van der Waals surface area contributed by atoms with Gasteiger partial charge in [0.15, 0.2) is 0 Å². The zero-order valence-electron chi connectivity index (χ0n) is 16.0. The van der Waals surface area contributed by atoms with Gasteiger partial charge in [-0.1, -0.05) is 0 Å². The lowest BCUT2D eigenvalue weighted by atomic mass is 10.2. The maximum absolute atomic E-state index is 12.4. The lowest BCUT2D eigenvalue weighted by molar-refractivity contribution is -0.115. The van der Waals surface area contributed by atoms with Gasteiger partial charge in [0.1, 0.15) is 16.5 Å². The molecule has 1 unspecified atom stereocenters. The zero-order valence-corrected chi connectivity index (χ0v) is 17.6. The summed E-state index contributed by atoms with van der Waals surface area (Å²) in [4.78, 5) is 17.1. The van der Waals surface area contributed by atoms with E-state index < -0.39 is 0 Å². The number of nitrogens with one attached hydrogen (secondary N) is 1. The predicted molar refractivity (Wildman–Crippen MR) is 116 cm³/mol. The fourth-order valence-corrected chi connectivity index (χ4v) is 4.15. The third kappa shape index (κ3) is 5.27. The molecule has 1 atom stereocenters. The molecule has 1 N–H and O–H groups in total. The van der Waals surface area contributed by atoms with Gasteiger partial charge in [-0.15, -0.1) is 23.1 Å². The van der Waals surface area contributed by atoms with E-state index in [9.17, 15) is 4.79 Å². The van der Waals surface area contributed by atoms with Gasteiger partial charge < -0.3 is 14.8 Å². The van der Waals surface area contributed by atoms with Crippen molar-refractivity contribution < 1.29 is 14.3 Å². The number of thioether (sulfide) groups is 1. The van der Waals surface area contributed by atoms with E-state index in [-0.39, 0.29) is 11.2 Å². The van der Waals surface area contributed by atoms with Crippen molar-refractivity contribution in [1.82, 2.24) is 4.98 Å². The molecule has 0 aliphatic rings. The van der Waals surface area contributed by atoms with Crippen LogP contribution in [0.1, 0.15) is 12.6 Å². The Kier molecular flexibility index (Phi) is 6.95. The van der Waals surface area contributed by atoms with Crippen molar-refractivity contribution in [1.29, 1.82) is 0 Å². The van der Waals surface area contributed by atoms with E-state index in [1.54, 1.807) is 37.3 Å². The van der Waals surface area contributed by atoms with Crippen LogP contribution in [0.5, 0.6) is 11.5 Å². The highest BCUT2D eigenvalue weighted by Crippen LogP contribution is 2.28. The Morgan fingerprint density at radius 1 is 1.07 bits per heavy atom. The van der Waals surface area contributed by atoms with Crippen LogP contribution in [0, 0.1) is 0 Å². The monoisotopic (exact) mass is 414 g/mol. The molecule has 7 heteroatoms. The summed E-state index contributed by atoms with van der Waals surface area (Å²) in [6, 6.07) is 15.2. The lowest BCUT2D eigenvalue weighted by Gasteiger charge is -2.11. The molecule has 0 saturated carbocycles. The summed E-state index contributed by atoms with van der Waals surface area (Å²) in [5.41, 5.74) is 2.80. The largest absolute Gasteiger partial charge is 0.497 e. The molecule has 0 spiro atoms. The quantitative estimate of drug-likeness (QED) is 0.556. The summed E-state index contributed by atoms with van der Waals surface area (Å²) in [5, 5.41) is 5.75. The van der Waals surface area contributed by atoms with Gasteiger partial charge in [0, 0.05) is 22.4 Å². The molecule has 5 nitrogen and oxygen atoms in total. The van der Waals surface area contributed by atoms with E-state index in [1.165, 1.54) is 0 Å². The van der Waals surface area contributed by atoms with Gasteiger partial charge in [0.2, 0.25) is 5.91 Å². The summed E-state index contributed by atoms with van der Waals surface area (Å²) >= 11 is 3.17. The van der Waals surface area contributed by atoms with Crippen molar-refractivity contribution in [2.24, 2.45) is 0 Å². The Morgan fingerprint density at radius 2 is 1.68 bits per heavy atom. The molecule has 3 rings (SSSR count). The predicted octanol–water partition coefficient (Wildman–Crippen LogP) is 5.09. The minimum absolute atomic E-state index is 0.0271. The minimum atomic E-state index is -0.187. The van der Waals surface area contributed by atoms with E-state index in [4.69, 9.17) is 9.47 Å². The van der Waals surface area contributed by atoms with Crippen LogP contribution >= 0.6 is 23.1 Å². The Morgan fingerprint density at radius 3 is 2.29 bits per heavy atom. The van der Waals surface area contributed by atoms with E-state index in [1.807, 2.05) is 60.8 Å². The van der Waals surface area contributed by atoms with Gasteiger partial charge in [-0.05, 0) is 55.5 Å². The molecule has 0 aliphatic heterocycles. The van der Waals surface area contributed by atoms with Crippen LogP contribution in [0.3, 0.4) is 0 Å². The van der Waals surface area contributed by atoms with Crippen molar-refractivity contribution in [2.75, 3.05) is 19.5 Å². The van der Waals surface area contributed by atoms with Gasteiger partial charge in [-0.3, -0.25) is 4.79 Å². The number of thiazole rings is 1. The smallest absolute Gasteiger partial charge is 0.237 e. The van der Waals surface area contributed by atoms with Crippen molar-refractivity contribution >= 4 is 34.7 Å². The van der Waals surface area contributed by atoms with Gasteiger partial charge in [-0.2, -0.15) is 0 Å². The first-order valence-corrected chi connectivity index (χ1v) is 10.7. The normalized spacial score (nSPS) is 11.7. The van der Waals surface area contributed by atoms with Gasteiger partial charge in [0.25, 0.3) is 0 Å². The summed E-state index contributed by atoms with van der Waals surface area (Å²) in [7, 11) is 3.27. The summed E-state index contributed by atoms with van der Waals surface area (Å²) in [6.07, 6.45) is 0. The van der Waals surface area contributed by atoms with Gasteiger partial charge in [-0.25, -0.2) is 4.98 Å². The number of carbonyl (C=O) groups is 1.